The fraction of sp³-hybridized carbons (Fsp3) is 0.654. The Morgan fingerprint density at radius 2 is 1.90 bits per heavy atom. The monoisotopic (exact) mass is 412 g/mol. The molecular weight excluding hydrogens is 372 g/mol. The Labute approximate surface area is 183 Å². The predicted molar refractivity (Wildman–Crippen MR) is 125 cm³/mol. The summed E-state index contributed by atoms with van der Waals surface area (Å²) in [5, 5.41) is 3.26. The summed E-state index contributed by atoms with van der Waals surface area (Å²) in [6.45, 7) is 9.61. The zero-order chi connectivity index (χ0) is 21.0. The number of carbonyl (C=O) groups is 1. The number of likely N-dealkylation sites (tertiary alicyclic amines) is 1. The van der Waals surface area contributed by atoms with Gasteiger partial charge in [0.25, 0.3) is 5.91 Å². The van der Waals surface area contributed by atoms with Gasteiger partial charge in [-0.25, -0.2) is 0 Å². The van der Waals surface area contributed by atoms with Crippen LogP contribution < -0.4 is 5.32 Å². The standard InChI is InChI=1S/C26H38N2O2.H2/c1-3-21(4-2)27-25(29)23-19-26(24-8-6-5-7-22(23)24)12-15-28(16-13-26)14-9-20-10-17-30-18-11-20;/h5-8,19-21H,3-4,9-18H2,1-2H3,(H,27,29);1H. The van der Waals surface area contributed by atoms with Crippen molar-refractivity contribution in [1.29, 1.82) is 0 Å². The lowest BCUT2D eigenvalue weighted by molar-refractivity contribution is -0.116. The normalized spacial score (nSPS) is 21.6. The summed E-state index contributed by atoms with van der Waals surface area (Å²) in [7, 11) is 0. The minimum absolute atomic E-state index is 0. The van der Waals surface area contributed by atoms with Gasteiger partial charge in [-0.1, -0.05) is 44.2 Å². The third-order valence-electron chi connectivity index (χ3n) is 7.68. The third-order valence-corrected chi connectivity index (χ3v) is 7.68. The summed E-state index contributed by atoms with van der Waals surface area (Å²) in [6, 6.07) is 8.85. The number of piperidine rings is 1. The van der Waals surface area contributed by atoms with Crippen molar-refractivity contribution in [3.05, 3.63) is 41.5 Å². The van der Waals surface area contributed by atoms with Crippen molar-refractivity contribution in [2.75, 3.05) is 32.8 Å². The number of ether oxygens (including phenoxy) is 1. The Hall–Kier alpha value is -1.65. The van der Waals surface area contributed by atoms with Gasteiger partial charge >= 0.3 is 0 Å². The Kier molecular flexibility index (Phi) is 6.94. The van der Waals surface area contributed by atoms with Crippen LogP contribution in [0.3, 0.4) is 0 Å². The maximum absolute atomic E-state index is 13.1. The maximum Gasteiger partial charge on any atom is 0.251 e. The highest BCUT2D eigenvalue weighted by Gasteiger charge is 2.42. The number of hydrogen-bond acceptors (Lipinski definition) is 3. The first-order valence-electron chi connectivity index (χ1n) is 12.1. The fourth-order valence-corrected chi connectivity index (χ4v) is 5.52. The lowest BCUT2D eigenvalue weighted by Crippen LogP contribution is -2.42. The average molecular weight is 413 g/mol. The molecule has 0 saturated carbocycles. The van der Waals surface area contributed by atoms with Gasteiger partial charge in [-0.15, -0.1) is 0 Å². The minimum atomic E-state index is 0. The number of hydrogen-bond donors (Lipinski definition) is 1. The van der Waals surface area contributed by atoms with Crippen LogP contribution in [0.5, 0.6) is 0 Å². The molecule has 4 nitrogen and oxygen atoms in total. The van der Waals surface area contributed by atoms with E-state index in [1.165, 1.54) is 31.4 Å². The van der Waals surface area contributed by atoms with E-state index in [4.69, 9.17) is 4.74 Å². The first-order valence-corrected chi connectivity index (χ1v) is 12.1. The molecule has 0 aromatic heterocycles. The lowest BCUT2D eigenvalue weighted by atomic mass is 9.74. The van der Waals surface area contributed by atoms with Gasteiger partial charge in [-0.2, -0.15) is 0 Å². The van der Waals surface area contributed by atoms with E-state index >= 15 is 0 Å². The maximum atomic E-state index is 13.1. The molecular formula is C26H40N2O2. The number of allylic oxidation sites excluding steroid dienone is 1. The van der Waals surface area contributed by atoms with Gasteiger partial charge < -0.3 is 15.0 Å². The number of benzene rings is 1. The molecule has 2 saturated heterocycles. The van der Waals surface area contributed by atoms with Gasteiger partial charge in [0.05, 0.1) is 0 Å². The lowest BCUT2D eigenvalue weighted by Gasteiger charge is -2.39. The minimum Gasteiger partial charge on any atom is -0.381 e. The van der Waals surface area contributed by atoms with Gasteiger partial charge in [-0.05, 0) is 81.6 Å². The molecule has 1 aromatic carbocycles. The molecule has 2 heterocycles. The van der Waals surface area contributed by atoms with Crippen molar-refractivity contribution in [2.45, 2.75) is 70.3 Å². The number of nitrogens with one attached hydrogen (secondary N) is 1. The molecule has 1 aromatic rings. The molecule has 1 amide bonds. The summed E-state index contributed by atoms with van der Waals surface area (Å²) in [5.74, 6) is 0.942. The third kappa shape index (κ3) is 4.50. The van der Waals surface area contributed by atoms with E-state index in [0.717, 1.165) is 69.0 Å². The van der Waals surface area contributed by atoms with E-state index < -0.39 is 0 Å². The van der Waals surface area contributed by atoms with Crippen LogP contribution in [0.4, 0.5) is 0 Å². The SMILES string of the molecule is CCC(CC)NC(=O)C1=CC2(CCN(CCC3CCOCC3)CC2)c2ccccc21.[HH]. The second-order valence-electron chi connectivity index (χ2n) is 9.43. The Morgan fingerprint density at radius 1 is 1.20 bits per heavy atom. The Bertz CT molecular complexity index is 760. The average Bonchev–Trinajstić information content (AvgIpc) is 3.12. The van der Waals surface area contributed by atoms with Crippen LogP contribution in [0.15, 0.2) is 30.3 Å². The highest BCUT2D eigenvalue weighted by atomic mass is 16.5. The van der Waals surface area contributed by atoms with Gasteiger partial charge in [0, 0.05) is 31.7 Å². The van der Waals surface area contributed by atoms with E-state index in [0.29, 0.717) is 0 Å². The molecule has 0 radical (unpaired) electrons. The van der Waals surface area contributed by atoms with Crippen LogP contribution in [0.1, 0.15) is 71.3 Å². The van der Waals surface area contributed by atoms with Crippen molar-refractivity contribution >= 4 is 11.5 Å². The van der Waals surface area contributed by atoms with Crippen LogP contribution in [0.2, 0.25) is 0 Å². The smallest absolute Gasteiger partial charge is 0.251 e. The largest absolute Gasteiger partial charge is 0.381 e. The summed E-state index contributed by atoms with van der Waals surface area (Å²) < 4.78 is 5.50. The van der Waals surface area contributed by atoms with E-state index in [2.05, 4.69) is 54.4 Å². The van der Waals surface area contributed by atoms with Crippen LogP contribution in [-0.4, -0.2) is 49.7 Å². The van der Waals surface area contributed by atoms with Gasteiger partial charge in [-0.3, -0.25) is 4.79 Å². The summed E-state index contributed by atoms with van der Waals surface area (Å²) >= 11 is 0. The molecule has 2 aliphatic heterocycles. The molecule has 1 aliphatic carbocycles. The molecule has 3 aliphatic rings. The zero-order valence-corrected chi connectivity index (χ0v) is 18.8. The summed E-state index contributed by atoms with van der Waals surface area (Å²) in [4.78, 5) is 15.7. The molecule has 0 unspecified atom stereocenters. The summed E-state index contributed by atoms with van der Waals surface area (Å²) in [5.41, 5.74) is 3.44. The second-order valence-corrected chi connectivity index (χ2v) is 9.43. The highest BCUT2D eigenvalue weighted by molar-refractivity contribution is 6.21. The van der Waals surface area contributed by atoms with Crippen molar-refractivity contribution in [1.82, 2.24) is 10.2 Å². The second kappa shape index (κ2) is 9.65. The summed E-state index contributed by atoms with van der Waals surface area (Å²) in [6.07, 6.45) is 10.2. The van der Waals surface area contributed by atoms with E-state index in [9.17, 15) is 4.79 Å². The molecule has 1 spiro atoms. The van der Waals surface area contributed by atoms with E-state index in [1.54, 1.807) is 0 Å². The number of fused-ring (bicyclic) bond motifs is 2. The van der Waals surface area contributed by atoms with E-state index in [1.807, 2.05) is 0 Å². The van der Waals surface area contributed by atoms with Crippen molar-refractivity contribution in [3.8, 4) is 0 Å². The first-order chi connectivity index (χ1) is 14.6. The number of rotatable bonds is 7. The van der Waals surface area contributed by atoms with Crippen LogP contribution >= 0.6 is 0 Å². The fourth-order valence-electron chi connectivity index (χ4n) is 5.52. The van der Waals surface area contributed by atoms with Crippen LogP contribution in [0, 0.1) is 5.92 Å². The quantitative estimate of drug-likeness (QED) is 0.700. The Morgan fingerprint density at radius 3 is 2.60 bits per heavy atom. The molecule has 30 heavy (non-hydrogen) atoms. The molecule has 0 bridgehead atoms. The van der Waals surface area contributed by atoms with Crippen LogP contribution in [-0.2, 0) is 14.9 Å². The van der Waals surface area contributed by atoms with Crippen molar-refractivity contribution in [2.24, 2.45) is 5.92 Å². The molecule has 4 rings (SSSR count). The number of carbonyl (C=O) groups excluding carboxylic acids is 1. The van der Waals surface area contributed by atoms with Gasteiger partial charge in [0.2, 0.25) is 0 Å². The van der Waals surface area contributed by atoms with E-state index in [-0.39, 0.29) is 18.8 Å². The predicted octanol–water partition coefficient (Wildman–Crippen LogP) is 4.78. The van der Waals surface area contributed by atoms with Crippen LogP contribution in [0.25, 0.3) is 5.57 Å². The zero-order valence-electron chi connectivity index (χ0n) is 18.8. The molecule has 166 valence electrons. The van der Waals surface area contributed by atoms with Crippen molar-refractivity contribution in [3.63, 3.8) is 0 Å². The van der Waals surface area contributed by atoms with Crippen molar-refractivity contribution < 1.29 is 11.0 Å². The number of nitrogens with zero attached hydrogens (tertiary/aromatic N) is 1. The topological polar surface area (TPSA) is 41.6 Å². The van der Waals surface area contributed by atoms with Gasteiger partial charge in [0.15, 0.2) is 0 Å². The molecule has 2 fully saturated rings. The molecule has 0 atom stereocenters. The first kappa shape index (κ1) is 21.6. The number of amides is 1. The highest BCUT2D eigenvalue weighted by Crippen LogP contribution is 2.47. The molecule has 1 N–H and O–H groups in total. The molecule has 4 heteroatoms. The van der Waals surface area contributed by atoms with Gasteiger partial charge in [0.1, 0.15) is 0 Å². The Balaban J connectivity index is 0.00000272.